The Morgan fingerprint density at radius 1 is 1.42 bits per heavy atom. The van der Waals surface area contributed by atoms with Gasteiger partial charge in [-0.25, -0.2) is 0 Å². The van der Waals surface area contributed by atoms with Gasteiger partial charge in [0, 0.05) is 18.1 Å². The summed E-state index contributed by atoms with van der Waals surface area (Å²) in [5.41, 5.74) is -0.246. The summed E-state index contributed by atoms with van der Waals surface area (Å²) in [5.74, 6) is 0. The van der Waals surface area contributed by atoms with E-state index in [1.165, 1.54) is 38.5 Å². The minimum absolute atomic E-state index is 0.246. The third-order valence-corrected chi connectivity index (χ3v) is 4.97. The first-order valence-corrected chi connectivity index (χ1v) is 8.01. The van der Waals surface area contributed by atoms with Gasteiger partial charge in [0.05, 0.1) is 6.07 Å². The fourth-order valence-electron chi connectivity index (χ4n) is 3.46. The molecule has 0 saturated heterocycles. The molecular formula is C16H29N3. The van der Waals surface area contributed by atoms with E-state index in [0.717, 1.165) is 12.8 Å². The largest absolute Gasteiger partial charge is 0.301 e. The lowest BCUT2D eigenvalue weighted by Gasteiger charge is -2.42. The SMILES string of the molecule is CCCC(C)N(C)C1CCCC(C#N)(NC2CC2)C1. The Kier molecular flexibility index (Phi) is 4.86. The molecule has 3 heteroatoms. The summed E-state index contributed by atoms with van der Waals surface area (Å²) in [6.07, 6.45) is 9.48. The highest BCUT2D eigenvalue weighted by molar-refractivity contribution is 5.13. The van der Waals surface area contributed by atoms with Crippen LogP contribution in [0.5, 0.6) is 0 Å². The van der Waals surface area contributed by atoms with Crippen molar-refractivity contribution in [2.24, 2.45) is 0 Å². The molecule has 2 saturated carbocycles. The van der Waals surface area contributed by atoms with Gasteiger partial charge in [0.25, 0.3) is 0 Å². The van der Waals surface area contributed by atoms with Gasteiger partial charge in [-0.15, -0.1) is 0 Å². The van der Waals surface area contributed by atoms with Gasteiger partial charge in [-0.05, 0) is 58.9 Å². The minimum atomic E-state index is -0.246. The molecule has 0 amide bonds. The van der Waals surface area contributed by atoms with Crippen molar-refractivity contribution >= 4 is 0 Å². The van der Waals surface area contributed by atoms with Gasteiger partial charge in [0.15, 0.2) is 0 Å². The van der Waals surface area contributed by atoms with Crippen molar-refractivity contribution in [2.45, 2.75) is 88.9 Å². The number of rotatable bonds is 6. The zero-order valence-corrected chi connectivity index (χ0v) is 12.8. The molecule has 0 radical (unpaired) electrons. The molecule has 0 spiro atoms. The monoisotopic (exact) mass is 263 g/mol. The molecule has 0 heterocycles. The second-order valence-electron chi connectivity index (χ2n) is 6.67. The van der Waals surface area contributed by atoms with Crippen LogP contribution in [0.15, 0.2) is 0 Å². The van der Waals surface area contributed by atoms with Gasteiger partial charge >= 0.3 is 0 Å². The smallest absolute Gasteiger partial charge is 0.108 e. The highest BCUT2D eigenvalue weighted by Crippen LogP contribution is 2.34. The Morgan fingerprint density at radius 3 is 2.74 bits per heavy atom. The Bertz CT molecular complexity index is 331. The maximum Gasteiger partial charge on any atom is 0.108 e. The van der Waals surface area contributed by atoms with Gasteiger partial charge in [0.2, 0.25) is 0 Å². The molecule has 2 rings (SSSR count). The van der Waals surface area contributed by atoms with E-state index in [0.29, 0.717) is 18.1 Å². The zero-order chi connectivity index (χ0) is 13.9. The lowest BCUT2D eigenvalue weighted by Crippen LogP contribution is -2.54. The predicted molar refractivity (Wildman–Crippen MR) is 78.9 cm³/mol. The van der Waals surface area contributed by atoms with Crippen LogP contribution in [-0.2, 0) is 0 Å². The molecular weight excluding hydrogens is 234 g/mol. The van der Waals surface area contributed by atoms with Crippen molar-refractivity contribution < 1.29 is 0 Å². The van der Waals surface area contributed by atoms with Gasteiger partial charge in [-0.1, -0.05) is 13.3 Å². The first-order valence-electron chi connectivity index (χ1n) is 8.01. The molecule has 0 aromatic rings. The maximum atomic E-state index is 9.63. The summed E-state index contributed by atoms with van der Waals surface area (Å²) in [6, 6.07) is 4.43. The van der Waals surface area contributed by atoms with E-state index in [9.17, 15) is 5.26 Å². The molecule has 1 N–H and O–H groups in total. The van der Waals surface area contributed by atoms with Crippen LogP contribution in [0.3, 0.4) is 0 Å². The van der Waals surface area contributed by atoms with Crippen LogP contribution in [0.25, 0.3) is 0 Å². The Balaban J connectivity index is 1.96. The zero-order valence-electron chi connectivity index (χ0n) is 12.8. The number of nitrogens with one attached hydrogen (secondary N) is 1. The van der Waals surface area contributed by atoms with Crippen molar-refractivity contribution in [3.63, 3.8) is 0 Å². The van der Waals surface area contributed by atoms with Crippen LogP contribution in [0.2, 0.25) is 0 Å². The lowest BCUT2D eigenvalue weighted by molar-refractivity contribution is 0.107. The first kappa shape index (κ1) is 14.8. The van der Waals surface area contributed by atoms with Gasteiger partial charge in [-0.2, -0.15) is 5.26 Å². The Hall–Kier alpha value is -0.590. The second kappa shape index (κ2) is 6.24. The van der Waals surface area contributed by atoms with Crippen LogP contribution in [0.1, 0.15) is 65.2 Å². The molecule has 3 unspecified atom stereocenters. The molecule has 0 aromatic heterocycles. The van der Waals surface area contributed by atoms with Crippen LogP contribution >= 0.6 is 0 Å². The topological polar surface area (TPSA) is 39.1 Å². The van der Waals surface area contributed by atoms with E-state index in [-0.39, 0.29) is 5.54 Å². The average Bonchev–Trinajstić information content (AvgIpc) is 3.22. The van der Waals surface area contributed by atoms with E-state index < -0.39 is 0 Å². The molecule has 3 atom stereocenters. The molecule has 0 bridgehead atoms. The van der Waals surface area contributed by atoms with Crippen molar-refractivity contribution in [2.75, 3.05) is 7.05 Å². The molecule has 0 aliphatic heterocycles. The number of hydrogen-bond acceptors (Lipinski definition) is 3. The fraction of sp³-hybridized carbons (Fsp3) is 0.938. The van der Waals surface area contributed by atoms with Crippen LogP contribution in [-0.4, -0.2) is 35.6 Å². The van der Waals surface area contributed by atoms with Crippen molar-refractivity contribution in [3.05, 3.63) is 0 Å². The number of nitrogens with zero attached hydrogens (tertiary/aromatic N) is 2. The van der Waals surface area contributed by atoms with Crippen molar-refractivity contribution in [1.29, 1.82) is 5.26 Å². The van der Waals surface area contributed by atoms with E-state index in [2.05, 4.69) is 37.2 Å². The molecule has 2 aliphatic carbocycles. The molecule has 3 nitrogen and oxygen atoms in total. The Labute approximate surface area is 118 Å². The molecule has 108 valence electrons. The van der Waals surface area contributed by atoms with Crippen molar-refractivity contribution in [3.8, 4) is 6.07 Å². The van der Waals surface area contributed by atoms with Crippen molar-refractivity contribution in [1.82, 2.24) is 10.2 Å². The van der Waals surface area contributed by atoms with Crippen LogP contribution in [0.4, 0.5) is 0 Å². The molecule has 0 aromatic carbocycles. The van der Waals surface area contributed by atoms with E-state index >= 15 is 0 Å². The summed E-state index contributed by atoms with van der Waals surface area (Å²) in [6.45, 7) is 4.57. The minimum Gasteiger partial charge on any atom is -0.301 e. The van der Waals surface area contributed by atoms with Gasteiger partial charge in [0.1, 0.15) is 5.54 Å². The highest BCUT2D eigenvalue weighted by Gasteiger charge is 2.41. The molecule has 19 heavy (non-hydrogen) atoms. The van der Waals surface area contributed by atoms with E-state index in [1.807, 2.05) is 0 Å². The summed E-state index contributed by atoms with van der Waals surface area (Å²) in [5, 5.41) is 13.3. The predicted octanol–water partition coefficient (Wildman–Crippen LogP) is 3.06. The summed E-state index contributed by atoms with van der Waals surface area (Å²) >= 11 is 0. The average molecular weight is 263 g/mol. The van der Waals surface area contributed by atoms with Gasteiger partial charge in [-0.3, -0.25) is 5.32 Å². The van der Waals surface area contributed by atoms with Gasteiger partial charge < -0.3 is 4.90 Å². The molecule has 2 aliphatic rings. The lowest BCUT2D eigenvalue weighted by atomic mass is 9.79. The van der Waals surface area contributed by atoms with E-state index in [1.54, 1.807) is 0 Å². The Morgan fingerprint density at radius 2 is 2.16 bits per heavy atom. The molecule has 2 fully saturated rings. The first-order chi connectivity index (χ1) is 9.10. The summed E-state index contributed by atoms with van der Waals surface area (Å²) < 4.78 is 0. The second-order valence-corrected chi connectivity index (χ2v) is 6.67. The maximum absolute atomic E-state index is 9.63. The number of nitriles is 1. The van der Waals surface area contributed by atoms with E-state index in [4.69, 9.17) is 0 Å². The quantitative estimate of drug-likeness (QED) is 0.800. The van der Waals surface area contributed by atoms with Crippen LogP contribution < -0.4 is 5.32 Å². The third kappa shape index (κ3) is 3.70. The third-order valence-electron chi connectivity index (χ3n) is 4.97. The fourth-order valence-corrected chi connectivity index (χ4v) is 3.46. The number of hydrogen-bond donors (Lipinski definition) is 1. The van der Waals surface area contributed by atoms with Crippen LogP contribution in [0, 0.1) is 11.3 Å². The summed E-state index contributed by atoms with van der Waals surface area (Å²) in [4.78, 5) is 2.52. The standard InChI is InChI=1S/C16H29N3/c1-4-6-13(2)19(3)15-7-5-10-16(11-15,12-17)18-14-8-9-14/h13-15,18H,4-11H2,1-3H3. The normalized spacial score (nSPS) is 33.1. The highest BCUT2D eigenvalue weighted by atomic mass is 15.2. The summed E-state index contributed by atoms with van der Waals surface area (Å²) in [7, 11) is 2.25.